The van der Waals surface area contributed by atoms with Gasteiger partial charge in [0.05, 0.1) is 21.5 Å². The zero-order chi connectivity index (χ0) is 23.0. The minimum absolute atomic E-state index is 0.0969. The van der Waals surface area contributed by atoms with E-state index in [1.165, 1.54) is 42.6 Å². The second kappa shape index (κ2) is 8.00. The molecule has 0 bridgehead atoms. The number of amides is 1. The van der Waals surface area contributed by atoms with Crippen LogP contribution in [0.15, 0.2) is 65.7 Å². The number of carbonyl (C=O) groups excluding carboxylic acids is 2. The largest absolute Gasteiger partial charge is 0.507 e. The molecule has 1 amide bonds. The normalized spacial score (nSPS) is 17.5. The Morgan fingerprint density at radius 1 is 0.969 bits per heavy atom. The van der Waals surface area contributed by atoms with Gasteiger partial charge in [0.2, 0.25) is 0 Å². The van der Waals surface area contributed by atoms with Crippen LogP contribution in [-0.4, -0.2) is 31.6 Å². The number of aliphatic hydroxyl groups is 1. The van der Waals surface area contributed by atoms with Crippen LogP contribution in [0.25, 0.3) is 5.76 Å². The van der Waals surface area contributed by atoms with Crippen LogP contribution in [0.4, 0.5) is 16.5 Å². The van der Waals surface area contributed by atoms with Crippen LogP contribution in [0.2, 0.25) is 0 Å². The van der Waals surface area contributed by atoms with Crippen LogP contribution < -0.4 is 4.90 Å². The number of hydrogen-bond acceptors (Lipinski definition) is 9. The van der Waals surface area contributed by atoms with Crippen molar-refractivity contribution >= 4 is 45.3 Å². The molecule has 1 unspecified atom stereocenters. The summed E-state index contributed by atoms with van der Waals surface area (Å²) in [4.78, 5) is 51.7. The minimum atomic E-state index is -1.10. The molecule has 1 N–H and O–H groups in total. The molecule has 1 saturated heterocycles. The van der Waals surface area contributed by atoms with Crippen molar-refractivity contribution in [3.63, 3.8) is 0 Å². The van der Waals surface area contributed by atoms with Crippen molar-refractivity contribution in [1.82, 2.24) is 4.98 Å². The fourth-order valence-corrected chi connectivity index (χ4v) is 4.02. The van der Waals surface area contributed by atoms with E-state index >= 15 is 0 Å². The van der Waals surface area contributed by atoms with E-state index in [9.17, 15) is 34.9 Å². The van der Waals surface area contributed by atoms with Crippen molar-refractivity contribution in [3.05, 3.63) is 97.0 Å². The van der Waals surface area contributed by atoms with Crippen LogP contribution >= 0.6 is 11.3 Å². The number of benzene rings is 2. The molecular weight excluding hydrogens is 440 g/mol. The third kappa shape index (κ3) is 3.48. The molecule has 160 valence electrons. The monoisotopic (exact) mass is 452 g/mol. The molecule has 11 nitrogen and oxygen atoms in total. The number of ketones is 1. The van der Waals surface area contributed by atoms with Crippen molar-refractivity contribution in [2.45, 2.75) is 6.04 Å². The Morgan fingerprint density at radius 2 is 1.53 bits per heavy atom. The average Bonchev–Trinajstić information content (AvgIpc) is 3.40. The quantitative estimate of drug-likeness (QED) is 0.202. The Hall–Kier alpha value is -4.45. The molecule has 1 fully saturated rings. The van der Waals surface area contributed by atoms with Gasteiger partial charge in [-0.3, -0.25) is 34.7 Å². The summed E-state index contributed by atoms with van der Waals surface area (Å²) in [6.07, 6.45) is 1.45. The first-order chi connectivity index (χ1) is 15.3. The van der Waals surface area contributed by atoms with Gasteiger partial charge in [0, 0.05) is 41.4 Å². The van der Waals surface area contributed by atoms with Gasteiger partial charge < -0.3 is 5.11 Å². The highest BCUT2D eigenvalue weighted by Gasteiger charge is 2.48. The number of non-ortho nitro benzene ring substituents is 2. The summed E-state index contributed by atoms with van der Waals surface area (Å²) in [5, 5.41) is 34.6. The highest BCUT2D eigenvalue weighted by Crippen LogP contribution is 2.43. The number of aromatic nitrogens is 1. The molecule has 2 aromatic carbocycles. The molecule has 1 aromatic heterocycles. The molecule has 3 aromatic rings. The number of anilines is 1. The standard InChI is InChI=1S/C20H12N4O7S/c25-17(12-3-7-14(8-4-12)24(30)31)15-16(11-1-5-13(6-2-11)23(28)29)22(19(27)18(15)26)20-21-9-10-32-20/h1-10,16,25H/b17-15-. The number of nitro benzene ring substituents is 2. The highest BCUT2D eigenvalue weighted by atomic mass is 32.1. The van der Waals surface area contributed by atoms with Crippen molar-refractivity contribution < 1.29 is 24.5 Å². The first-order valence-electron chi connectivity index (χ1n) is 8.99. The summed E-state index contributed by atoms with van der Waals surface area (Å²) < 4.78 is 0. The van der Waals surface area contributed by atoms with E-state index in [1.54, 1.807) is 5.38 Å². The number of Topliss-reactive ketones (excluding diaryl/α,β-unsaturated/α-hetero) is 1. The number of nitro groups is 2. The lowest BCUT2D eigenvalue weighted by atomic mass is 9.95. The third-order valence-corrected chi connectivity index (χ3v) is 5.61. The van der Waals surface area contributed by atoms with Crippen LogP contribution in [0.1, 0.15) is 17.2 Å². The minimum Gasteiger partial charge on any atom is -0.507 e. The van der Waals surface area contributed by atoms with Crippen LogP contribution in [0, 0.1) is 20.2 Å². The van der Waals surface area contributed by atoms with Crippen molar-refractivity contribution in [2.24, 2.45) is 0 Å². The number of rotatable bonds is 5. The van der Waals surface area contributed by atoms with Crippen molar-refractivity contribution in [1.29, 1.82) is 0 Å². The number of hydrogen-bond donors (Lipinski definition) is 1. The van der Waals surface area contributed by atoms with Crippen LogP contribution in [0.5, 0.6) is 0 Å². The zero-order valence-electron chi connectivity index (χ0n) is 15.9. The number of nitrogens with zero attached hydrogens (tertiary/aromatic N) is 4. The smallest absolute Gasteiger partial charge is 0.301 e. The fraction of sp³-hybridized carbons (Fsp3) is 0.0500. The van der Waals surface area contributed by atoms with E-state index in [4.69, 9.17) is 0 Å². The Balaban J connectivity index is 1.89. The van der Waals surface area contributed by atoms with E-state index in [-0.39, 0.29) is 27.6 Å². The Morgan fingerprint density at radius 3 is 2.03 bits per heavy atom. The fourth-order valence-electron chi connectivity index (χ4n) is 3.35. The molecule has 0 spiro atoms. The van der Waals surface area contributed by atoms with Crippen molar-refractivity contribution in [3.8, 4) is 0 Å². The SMILES string of the molecule is O=C1C(=O)N(c2nccs2)C(c2ccc([N+](=O)[O-])cc2)/C1=C(/O)c1ccc([N+](=O)[O-])cc1. The van der Waals surface area contributed by atoms with Gasteiger partial charge >= 0.3 is 5.91 Å². The maximum Gasteiger partial charge on any atom is 0.301 e. The lowest BCUT2D eigenvalue weighted by molar-refractivity contribution is -0.385. The molecule has 4 rings (SSSR count). The second-order valence-corrected chi connectivity index (χ2v) is 7.51. The van der Waals surface area contributed by atoms with Gasteiger partial charge in [0.15, 0.2) is 5.13 Å². The second-order valence-electron chi connectivity index (χ2n) is 6.64. The number of thiazole rings is 1. The first-order valence-corrected chi connectivity index (χ1v) is 9.87. The molecule has 0 saturated carbocycles. The Kier molecular flexibility index (Phi) is 5.20. The topological polar surface area (TPSA) is 157 Å². The van der Waals surface area contributed by atoms with E-state index in [1.807, 2.05) is 0 Å². The van der Waals surface area contributed by atoms with E-state index in [2.05, 4.69) is 4.98 Å². The summed E-state index contributed by atoms with van der Waals surface area (Å²) in [5.74, 6) is -2.42. The molecule has 0 radical (unpaired) electrons. The van der Waals surface area contributed by atoms with Gasteiger partial charge in [-0.1, -0.05) is 0 Å². The summed E-state index contributed by atoms with van der Waals surface area (Å²) >= 11 is 1.10. The van der Waals surface area contributed by atoms with E-state index < -0.39 is 33.3 Å². The molecule has 12 heteroatoms. The molecule has 0 aliphatic carbocycles. The molecule has 1 atom stereocenters. The predicted molar refractivity (Wildman–Crippen MR) is 113 cm³/mol. The van der Waals surface area contributed by atoms with Gasteiger partial charge in [-0.25, -0.2) is 4.98 Å². The maximum absolute atomic E-state index is 12.9. The van der Waals surface area contributed by atoms with Gasteiger partial charge in [0.1, 0.15) is 5.76 Å². The van der Waals surface area contributed by atoms with E-state index in [0.29, 0.717) is 5.56 Å². The molecular formula is C20H12N4O7S. The summed E-state index contributed by atoms with van der Waals surface area (Å²) in [5.41, 5.74) is -0.215. The molecule has 1 aliphatic rings. The van der Waals surface area contributed by atoms with Gasteiger partial charge in [-0.2, -0.15) is 0 Å². The van der Waals surface area contributed by atoms with Crippen LogP contribution in [-0.2, 0) is 9.59 Å². The van der Waals surface area contributed by atoms with Gasteiger partial charge in [0.25, 0.3) is 17.2 Å². The lowest BCUT2D eigenvalue weighted by Crippen LogP contribution is -2.29. The Labute approximate surface area is 183 Å². The maximum atomic E-state index is 12.9. The number of carbonyl (C=O) groups is 2. The highest BCUT2D eigenvalue weighted by molar-refractivity contribution is 7.14. The summed E-state index contributed by atoms with van der Waals surface area (Å²) in [7, 11) is 0. The lowest BCUT2D eigenvalue weighted by Gasteiger charge is -2.22. The van der Waals surface area contributed by atoms with Crippen molar-refractivity contribution in [2.75, 3.05) is 4.90 Å². The molecule has 1 aliphatic heterocycles. The summed E-state index contributed by atoms with van der Waals surface area (Å²) in [6, 6.07) is 8.97. The third-order valence-electron chi connectivity index (χ3n) is 4.84. The Bertz CT molecular complexity index is 1270. The average molecular weight is 452 g/mol. The van der Waals surface area contributed by atoms with Gasteiger partial charge in [-0.15, -0.1) is 11.3 Å². The van der Waals surface area contributed by atoms with E-state index in [0.717, 1.165) is 28.4 Å². The predicted octanol–water partition coefficient (Wildman–Crippen LogP) is 3.59. The van der Waals surface area contributed by atoms with Gasteiger partial charge in [-0.05, 0) is 29.8 Å². The molecule has 32 heavy (non-hydrogen) atoms. The number of aliphatic hydroxyl groups excluding tert-OH is 1. The van der Waals surface area contributed by atoms with Crippen LogP contribution in [0.3, 0.4) is 0 Å². The summed E-state index contributed by atoms with van der Waals surface area (Å²) in [6.45, 7) is 0. The molecule has 2 heterocycles. The first kappa shape index (κ1) is 20.8. The zero-order valence-corrected chi connectivity index (χ0v) is 16.8.